The number of carboxylic acids is 1. The molecule has 5 nitrogen and oxygen atoms in total. The van der Waals surface area contributed by atoms with E-state index in [0.29, 0.717) is 32.4 Å². The molecule has 0 spiro atoms. The van der Waals surface area contributed by atoms with E-state index in [1.807, 2.05) is 0 Å². The fourth-order valence-electron chi connectivity index (χ4n) is 1.64. The molecule has 0 bridgehead atoms. The van der Waals surface area contributed by atoms with Gasteiger partial charge in [0.05, 0.1) is 11.7 Å². The Hall–Kier alpha value is -0.620. The van der Waals surface area contributed by atoms with Gasteiger partial charge in [-0.1, -0.05) is 6.92 Å². The molecule has 1 atom stereocenters. The molecule has 0 saturated carbocycles. The van der Waals surface area contributed by atoms with E-state index >= 15 is 0 Å². The number of carboxylic acid groups (broad SMARTS) is 1. The minimum absolute atomic E-state index is 0.238. The van der Waals surface area contributed by atoms with Gasteiger partial charge in [-0.05, 0) is 19.3 Å². The van der Waals surface area contributed by atoms with Gasteiger partial charge in [0.15, 0.2) is 0 Å². The van der Waals surface area contributed by atoms with Crippen LogP contribution in [0.1, 0.15) is 26.2 Å². The van der Waals surface area contributed by atoms with Crippen LogP contribution in [0.3, 0.4) is 0 Å². The highest BCUT2D eigenvalue weighted by atomic mass is 32.2. The van der Waals surface area contributed by atoms with Gasteiger partial charge in [-0.3, -0.25) is 4.79 Å². The molecule has 0 aromatic carbocycles. The third kappa shape index (κ3) is 3.46. The molecule has 1 N–H and O–H groups in total. The van der Waals surface area contributed by atoms with Crippen LogP contribution in [-0.4, -0.2) is 42.6 Å². The number of carbonyl (C=O) groups is 1. The monoisotopic (exact) mass is 235 g/mol. The van der Waals surface area contributed by atoms with Crippen molar-refractivity contribution in [2.75, 3.05) is 18.8 Å². The Morgan fingerprint density at radius 3 is 2.67 bits per heavy atom. The van der Waals surface area contributed by atoms with E-state index in [-0.39, 0.29) is 5.75 Å². The standard InChI is InChI=1S/C9H17NO4S/c1-8(9(11)12)4-2-5-10-6-3-7-15(10,13)14/h8H,2-7H2,1H3,(H,11,12). The summed E-state index contributed by atoms with van der Waals surface area (Å²) in [5, 5.41) is 8.64. The van der Waals surface area contributed by atoms with Gasteiger partial charge in [-0.15, -0.1) is 0 Å². The molecular formula is C9H17NO4S. The third-order valence-corrected chi connectivity index (χ3v) is 4.63. The lowest BCUT2D eigenvalue weighted by atomic mass is 10.1. The Bertz CT molecular complexity index is 325. The quantitative estimate of drug-likeness (QED) is 0.754. The molecule has 15 heavy (non-hydrogen) atoms. The van der Waals surface area contributed by atoms with Crippen LogP contribution in [0, 0.1) is 5.92 Å². The first kappa shape index (κ1) is 12.4. The molecule has 0 aliphatic carbocycles. The number of aliphatic carboxylic acids is 1. The van der Waals surface area contributed by atoms with E-state index < -0.39 is 21.9 Å². The number of rotatable bonds is 5. The molecule has 88 valence electrons. The summed E-state index contributed by atoms with van der Waals surface area (Å²) >= 11 is 0. The molecule has 0 aromatic rings. The van der Waals surface area contributed by atoms with Crippen molar-refractivity contribution in [3.63, 3.8) is 0 Å². The molecule has 1 rings (SSSR count). The van der Waals surface area contributed by atoms with Gasteiger partial charge < -0.3 is 5.11 Å². The normalized spacial score (nSPS) is 22.7. The summed E-state index contributed by atoms with van der Waals surface area (Å²) in [5.41, 5.74) is 0. The maximum atomic E-state index is 11.4. The third-order valence-electron chi connectivity index (χ3n) is 2.67. The topological polar surface area (TPSA) is 74.7 Å². The fraction of sp³-hybridized carbons (Fsp3) is 0.889. The number of hydrogen-bond acceptors (Lipinski definition) is 3. The summed E-state index contributed by atoms with van der Waals surface area (Å²) in [6.07, 6.45) is 1.84. The molecule has 1 aliphatic heterocycles. The van der Waals surface area contributed by atoms with E-state index in [9.17, 15) is 13.2 Å². The maximum Gasteiger partial charge on any atom is 0.306 e. The van der Waals surface area contributed by atoms with Crippen molar-refractivity contribution in [3.8, 4) is 0 Å². The first-order valence-corrected chi connectivity index (χ1v) is 6.75. The summed E-state index contributed by atoms with van der Waals surface area (Å²) in [6, 6.07) is 0. The summed E-state index contributed by atoms with van der Waals surface area (Å²) in [4.78, 5) is 10.5. The van der Waals surface area contributed by atoms with Crippen LogP contribution in [0.2, 0.25) is 0 Å². The van der Waals surface area contributed by atoms with Crippen molar-refractivity contribution >= 4 is 16.0 Å². The zero-order chi connectivity index (χ0) is 11.5. The first-order chi connectivity index (χ1) is 6.93. The van der Waals surface area contributed by atoms with Gasteiger partial charge in [0.2, 0.25) is 10.0 Å². The highest BCUT2D eigenvalue weighted by Crippen LogP contribution is 2.15. The van der Waals surface area contributed by atoms with Crippen molar-refractivity contribution in [1.29, 1.82) is 0 Å². The lowest BCUT2D eigenvalue weighted by molar-refractivity contribution is -0.141. The highest BCUT2D eigenvalue weighted by Gasteiger charge is 2.27. The molecule has 0 amide bonds. The van der Waals surface area contributed by atoms with E-state index in [4.69, 9.17) is 5.11 Å². The van der Waals surface area contributed by atoms with Gasteiger partial charge in [0.25, 0.3) is 0 Å². The van der Waals surface area contributed by atoms with Gasteiger partial charge in [-0.25, -0.2) is 12.7 Å². The van der Waals surface area contributed by atoms with Crippen LogP contribution in [0.5, 0.6) is 0 Å². The minimum Gasteiger partial charge on any atom is -0.481 e. The predicted octanol–water partition coefficient (Wildman–Crippen LogP) is 0.523. The first-order valence-electron chi connectivity index (χ1n) is 5.14. The molecule has 6 heteroatoms. The molecule has 0 radical (unpaired) electrons. The number of hydrogen-bond donors (Lipinski definition) is 1. The average molecular weight is 235 g/mol. The molecular weight excluding hydrogens is 218 g/mol. The summed E-state index contributed by atoms with van der Waals surface area (Å²) in [7, 11) is -3.02. The maximum absolute atomic E-state index is 11.4. The molecule has 1 saturated heterocycles. The Balaban J connectivity index is 2.29. The Morgan fingerprint density at radius 1 is 1.53 bits per heavy atom. The molecule has 1 fully saturated rings. The molecule has 1 heterocycles. The minimum atomic E-state index is -3.02. The SMILES string of the molecule is CC(CCCN1CCCS1(=O)=O)C(=O)O. The summed E-state index contributed by atoms with van der Waals surface area (Å²) < 4.78 is 24.2. The van der Waals surface area contributed by atoms with Crippen LogP contribution >= 0.6 is 0 Å². The number of sulfonamides is 1. The van der Waals surface area contributed by atoms with Gasteiger partial charge >= 0.3 is 5.97 Å². The van der Waals surface area contributed by atoms with E-state index in [2.05, 4.69) is 0 Å². The fourth-order valence-corrected chi connectivity index (χ4v) is 3.21. The second-order valence-corrected chi connectivity index (χ2v) is 6.04. The average Bonchev–Trinajstić information content (AvgIpc) is 2.45. The predicted molar refractivity (Wildman–Crippen MR) is 56.0 cm³/mol. The lowest BCUT2D eigenvalue weighted by Gasteiger charge is -2.14. The smallest absolute Gasteiger partial charge is 0.306 e. The zero-order valence-corrected chi connectivity index (χ0v) is 9.66. The highest BCUT2D eigenvalue weighted by molar-refractivity contribution is 7.89. The van der Waals surface area contributed by atoms with Crippen LogP contribution in [0.4, 0.5) is 0 Å². The second-order valence-electron chi connectivity index (χ2n) is 3.95. The van der Waals surface area contributed by atoms with Crippen LogP contribution in [-0.2, 0) is 14.8 Å². The Kier molecular flexibility index (Phi) is 4.10. The van der Waals surface area contributed by atoms with E-state index in [1.165, 1.54) is 4.31 Å². The van der Waals surface area contributed by atoms with Crippen molar-refractivity contribution < 1.29 is 18.3 Å². The van der Waals surface area contributed by atoms with E-state index in [0.717, 1.165) is 0 Å². The largest absolute Gasteiger partial charge is 0.481 e. The molecule has 1 aliphatic rings. The molecule has 0 aromatic heterocycles. The van der Waals surface area contributed by atoms with Crippen molar-refractivity contribution in [2.24, 2.45) is 5.92 Å². The van der Waals surface area contributed by atoms with E-state index in [1.54, 1.807) is 6.92 Å². The van der Waals surface area contributed by atoms with Crippen LogP contribution in [0.15, 0.2) is 0 Å². The van der Waals surface area contributed by atoms with Crippen molar-refractivity contribution in [3.05, 3.63) is 0 Å². The number of nitrogens with zero attached hydrogens (tertiary/aromatic N) is 1. The molecule has 1 unspecified atom stereocenters. The second kappa shape index (κ2) is 4.94. The van der Waals surface area contributed by atoms with Crippen molar-refractivity contribution in [1.82, 2.24) is 4.31 Å². The zero-order valence-electron chi connectivity index (χ0n) is 8.85. The summed E-state index contributed by atoms with van der Waals surface area (Å²) in [5.74, 6) is -0.976. The van der Waals surface area contributed by atoms with Crippen LogP contribution < -0.4 is 0 Å². The van der Waals surface area contributed by atoms with Gasteiger partial charge in [0.1, 0.15) is 0 Å². The van der Waals surface area contributed by atoms with Gasteiger partial charge in [0, 0.05) is 13.1 Å². The van der Waals surface area contributed by atoms with Gasteiger partial charge in [-0.2, -0.15) is 0 Å². The van der Waals surface area contributed by atoms with Crippen molar-refractivity contribution in [2.45, 2.75) is 26.2 Å². The lowest BCUT2D eigenvalue weighted by Crippen LogP contribution is -2.27. The summed E-state index contributed by atoms with van der Waals surface area (Å²) in [6.45, 7) is 2.69. The van der Waals surface area contributed by atoms with Crippen LogP contribution in [0.25, 0.3) is 0 Å². The Morgan fingerprint density at radius 2 is 2.20 bits per heavy atom. The Labute approximate surface area is 90.1 Å².